The number of amidine groups is 1. The molecule has 0 atom stereocenters. The quantitative estimate of drug-likeness (QED) is 0.393. The fraction of sp³-hybridized carbons (Fsp3) is 0.0909. The molecule has 0 unspecified atom stereocenters. The maximum absolute atomic E-state index is 8.59. The molecule has 0 saturated carbocycles. The lowest BCUT2D eigenvalue weighted by Crippen LogP contribution is -2.13. The second kappa shape index (κ2) is 5.41. The van der Waals surface area contributed by atoms with Gasteiger partial charge in [-0.3, -0.25) is 4.68 Å². The summed E-state index contributed by atoms with van der Waals surface area (Å²) in [6.07, 6.45) is 3.56. The van der Waals surface area contributed by atoms with Crippen LogP contribution in [0.3, 0.4) is 0 Å². The third-order valence-corrected chi connectivity index (χ3v) is 3.15. The van der Waals surface area contributed by atoms with Crippen LogP contribution in [0.5, 0.6) is 0 Å². The zero-order valence-electron chi connectivity index (χ0n) is 9.22. The Labute approximate surface area is 117 Å². The molecule has 2 aromatic rings. The molecule has 1 heterocycles. The molecule has 1 aromatic heterocycles. The molecule has 18 heavy (non-hydrogen) atoms. The van der Waals surface area contributed by atoms with Crippen LogP contribution in [0.15, 0.2) is 40.2 Å². The number of hydrogen-bond acceptors (Lipinski definition) is 3. The highest BCUT2D eigenvalue weighted by molar-refractivity contribution is 9.10. The summed E-state index contributed by atoms with van der Waals surface area (Å²) in [5.74, 6) is 0.0327. The zero-order valence-corrected chi connectivity index (χ0v) is 11.6. The summed E-state index contributed by atoms with van der Waals surface area (Å²) in [5.41, 5.74) is 6.97. The number of aromatic nitrogens is 2. The van der Waals surface area contributed by atoms with Crippen LogP contribution >= 0.6 is 27.5 Å². The molecule has 0 aliphatic carbocycles. The fourth-order valence-electron chi connectivity index (χ4n) is 1.49. The van der Waals surface area contributed by atoms with Gasteiger partial charge in [0.1, 0.15) is 0 Å². The Morgan fingerprint density at radius 3 is 2.89 bits per heavy atom. The highest BCUT2D eigenvalue weighted by Crippen LogP contribution is 2.19. The van der Waals surface area contributed by atoms with E-state index in [-0.39, 0.29) is 5.84 Å². The van der Waals surface area contributed by atoms with Crippen molar-refractivity contribution in [3.8, 4) is 0 Å². The van der Waals surface area contributed by atoms with Gasteiger partial charge in [0.25, 0.3) is 0 Å². The first-order valence-electron chi connectivity index (χ1n) is 5.04. The van der Waals surface area contributed by atoms with E-state index in [2.05, 4.69) is 26.2 Å². The van der Waals surface area contributed by atoms with E-state index in [1.165, 1.54) is 0 Å². The summed E-state index contributed by atoms with van der Waals surface area (Å²) in [7, 11) is 0. The minimum absolute atomic E-state index is 0.0327. The summed E-state index contributed by atoms with van der Waals surface area (Å²) in [5, 5.41) is 16.2. The van der Waals surface area contributed by atoms with Gasteiger partial charge >= 0.3 is 0 Å². The van der Waals surface area contributed by atoms with Gasteiger partial charge in [0, 0.05) is 16.8 Å². The van der Waals surface area contributed by atoms with Crippen LogP contribution in [0.1, 0.15) is 11.1 Å². The van der Waals surface area contributed by atoms with E-state index in [4.69, 9.17) is 22.5 Å². The molecule has 0 aliphatic rings. The molecule has 0 saturated heterocycles. The summed E-state index contributed by atoms with van der Waals surface area (Å²) in [6.45, 7) is 0.556. The van der Waals surface area contributed by atoms with E-state index >= 15 is 0 Å². The summed E-state index contributed by atoms with van der Waals surface area (Å²) in [4.78, 5) is 0. The minimum atomic E-state index is 0.0327. The number of benzene rings is 1. The first kappa shape index (κ1) is 12.9. The third-order valence-electron chi connectivity index (χ3n) is 2.39. The van der Waals surface area contributed by atoms with Crippen LogP contribution in [0, 0.1) is 0 Å². The maximum atomic E-state index is 8.59. The number of rotatable bonds is 3. The highest BCUT2D eigenvalue weighted by atomic mass is 79.9. The second-order valence-electron chi connectivity index (χ2n) is 3.65. The van der Waals surface area contributed by atoms with Gasteiger partial charge in [-0.1, -0.05) is 28.9 Å². The first-order valence-corrected chi connectivity index (χ1v) is 6.21. The molecule has 5 nitrogen and oxygen atoms in total. The topological polar surface area (TPSA) is 76.4 Å². The van der Waals surface area contributed by atoms with E-state index in [1.54, 1.807) is 23.0 Å². The molecule has 0 aliphatic heterocycles. The maximum Gasteiger partial charge on any atom is 0.170 e. The van der Waals surface area contributed by atoms with Gasteiger partial charge in [0.05, 0.1) is 17.2 Å². The predicted octanol–water partition coefficient (Wildman–Crippen LogP) is 2.44. The van der Waals surface area contributed by atoms with Crippen molar-refractivity contribution in [2.75, 3.05) is 0 Å². The van der Waals surface area contributed by atoms with Crippen molar-refractivity contribution in [3.05, 3.63) is 51.2 Å². The molecule has 3 N–H and O–H groups in total. The number of nitrogens with two attached hydrogens (primary N) is 1. The van der Waals surface area contributed by atoms with Crippen LogP contribution in [0.25, 0.3) is 0 Å². The lowest BCUT2D eigenvalue weighted by Gasteiger charge is -2.06. The largest absolute Gasteiger partial charge is 0.409 e. The molecule has 0 bridgehead atoms. The van der Waals surface area contributed by atoms with E-state index in [0.717, 1.165) is 10.0 Å². The van der Waals surface area contributed by atoms with Gasteiger partial charge < -0.3 is 10.9 Å². The molecule has 0 spiro atoms. The minimum Gasteiger partial charge on any atom is -0.409 e. The number of halogens is 2. The first-order chi connectivity index (χ1) is 8.60. The van der Waals surface area contributed by atoms with Crippen LogP contribution in [-0.4, -0.2) is 20.8 Å². The van der Waals surface area contributed by atoms with Crippen molar-refractivity contribution >= 4 is 33.4 Å². The average molecular weight is 330 g/mol. The Morgan fingerprint density at radius 1 is 1.56 bits per heavy atom. The van der Waals surface area contributed by atoms with Crippen molar-refractivity contribution < 1.29 is 5.21 Å². The molecule has 0 radical (unpaired) electrons. The molecule has 0 amide bonds. The SMILES string of the molecule is N/C(=N/O)c1ccc(Cn2cc(Br)cn2)c(Cl)c1. The van der Waals surface area contributed by atoms with Gasteiger partial charge in [0.15, 0.2) is 5.84 Å². The van der Waals surface area contributed by atoms with Crippen LogP contribution in [0.4, 0.5) is 0 Å². The normalized spacial score (nSPS) is 11.8. The standard InChI is InChI=1S/C11H10BrClN4O/c12-9-4-15-17(6-9)5-8-2-1-7(3-10(8)13)11(14)16-18/h1-4,6,18H,5H2,(H2,14,16). The number of oxime groups is 1. The fourth-order valence-corrected chi connectivity index (χ4v) is 2.06. The third kappa shape index (κ3) is 2.83. The van der Waals surface area contributed by atoms with E-state index in [1.807, 2.05) is 12.3 Å². The Hall–Kier alpha value is -1.53. The Balaban J connectivity index is 2.25. The van der Waals surface area contributed by atoms with Crippen LogP contribution in [0.2, 0.25) is 5.02 Å². The van der Waals surface area contributed by atoms with Crippen molar-refractivity contribution in [2.24, 2.45) is 10.9 Å². The summed E-state index contributed by atoms with van der Waals surface area (Å²) in [6, 6.07) is 5.23. The van der Waals surface area contributed by atoms with Crippen LogP contribution < -0.4 is 5.73 Å². The molecule has 2 rings (SSSR count). The van der Waals surface area contributed by atoms with Crippen molar-refractivity contribution in [1.82, 2.24) is 9.78 Å². The Morgan fingerprint density at radius 2 is 2.33 bits per heavy atom. The van der Waals surface area contributed by atoms with Crippen LogP contribution in [-0.2, 0) is 6.54 Å². The van der Waals surface area contributed by atoms with Gasteiger partial charge in [-0.2, -0.15) is 5.10 Å². The molecule has 94 valence electrons. The van der Waals surface area contributed by atoms with E-state index in [9.17, 15) is 0 Å². The Bertz CT molecular complexity index is 596. The van der Waals surface area contributed by atoms with Gasteiger partial charge in [-0.25, -0.2) is 0 Å². The molecule has 0 fully saturated rings. The predicted molar refractivity (Wildman–Crippen MR) is 73.0 cm³/mol. The average Bonchev–Trinajstić information content (AvgIpc) is 2.76. The van der Waals surface area contributed by atoms with Crippen molar-refractivity contribution in [1.29, 1.82) is 0 Å². The van der Waals surface area contributed by atoms with Crippen molar-refractivity contribution in [3.63, 3.8) is 0 Å². The number of nitrogens with zero attached hydrogens (tertiary/aromatic N) is 3. The van der Waals surface area contributed by atoms with E-state index < -0.39 is 0 Å². The number of hydrogen-bond donors (Lipinski definition) is 2. The lowest BCUT2D eigenvalue weighted by atomic mass is 10.1. The second-order valence-corrected chi connectivity index (χ2v) is 4.97. The molecular weight excluding hydrogens is 320 g/mol. The monoisotopic (exact) mass is 328 g/mol. The van der Waals surface area contributed by atoms with Gasteiger partial charge in [-0.15, -0.1) is 0 Å². The zero-order chi connectivity index (χ0) is 13.1. The van der Waals surface area contributed by atoms with Gasteiger partial charge in [-0.05, 0) is 27.6 Å². The summed E-state index contributed by atoms with van der Waals surface area (Å²) >= 11 is 9.47. The Kier molecular flexibility index (Phi) is 3.88. The van der Waals surface area contributed by atoms with Gasteiger partial charge in [0.2, 0.25) is 0 Å². The van der Waals surface area contributed by atoms with E-state index in [0.29, 0.717) is 17.1 Å². The summed E-state index contributed by atoms with van der Waals surface area (Å²) < 4.78 is 2.67. The molecule has 7 heteroatoms. The van der Waals surface area contributed by atoms with Crippen molar-refractivity contribution in [2.45, 2.75) is 6.54 Å². The smallest absolute Gasteiger partial charge is 0.170 e. The molecular formula is C11H10BrClN4O. The molecule has 1 aromatic carbocycles. The highest BCUT2D eigenvalue weighted by Gasteiger charge is 2.06. The lowest BCUT2D eigenvalue weighted by molar-refractivity contribution is 0.318.